The van der Waals surface area contributed by atoms with Crippen LogP contribution < -0.4 is 4.74 Å². The Morgan fingerprint density at radius 3 is 2.51 bits per heavy atom. The molecular formula is C30H27NO4. The van der Waals surface area contributed by atoms with Crippen LogP contribution in [-0.4, -0.2) is 49.5 Å². The molecule has 0 N–H and O–H groups in total. The van der Waals surface area contributed by atoms with Gasteiger partial charge in [-0.1, -0.05) is 60.7 Å². The van der Waals surface area contributed by atoms with Crippen molar-refractivity contribution < 1.29 is 19.0 Å². The molecular weight excluding hydrogens is 438 g/mol. The number of amides is 1. The molecule has 2 bridgehead atoms. The molecule has 3 aromatic carbocycles. The molecule has 3 heterocycles. The van der Waals surface area contributed by atoms with Crippen molar-refractivity contribution in [3.8, 4) is 16.9 Å². The van der Waals surface area contributed by atoms with Crippen molar-refractivity contribution in [2.45, 2.75) is 30.8 Å². The van der Waals surface area contributed by atoms with E-state index >= 15 is 0 Å². The third-order valence-electron chi connectivity index (χ3n) is 7.81. The van der Waals surface area contributed by atoms with Gasteiger partial charge in [0, 0.05) is 12.3 Å². The van der Waals surface area contributed by atoms with Crippen LogP contribution in [-0.2, 0) is 15.9 Å². The highest BCUT2D eigenvalue weighted by molar-refractivity contribution is 5.79. The van der Waals surface area contributed by atoms with Crippen LogP contribution in [0.25, 0.3) is 16.7 Å². The van der Waals surface area contributed by atoms with E-state index in [0.29, 0.717) is 19.8 Å². The van der Waals surface area contributed by atoms with E-state index < -0.39 is 0 Å². The minimum absolute atomic E-state index is 0.0195. The maximum atomic E-state index is 13.4. The number of rotatable bonds is 3. The molecule has 4 aliphatic rings. The molecule has 0 aromatic heterocycles. The summed E-state index contributed by atoms with van der Waals surface area (Å²) >= 11 is 0. The SMILES string of the molecule is O=C(OCC1c2ccccc2-c2ccccc21)N1C2C=C(c3ccc4c(c3)CCO4)CC1COC2. The van der Waals surface area contributed by atoms with Crippen molar-refractivity contribution in [3.63, 3.8) is 0 Å². The molecule has 35 heavy (non-hydrogen) atoms. The number of fused-ring (bicyclic) bond motifs is 6. The second-order valence-corrected chi connectivity index (χ2v) is 9.79. The van der Waals surface area contributed by atoms with Crippen LogP contribution in [0.5, 0.6) is 5.75 Å². The van der Waals surface area contributed by atoms with E-state index in [1.54, 1.807) is 0 Å². The zero-order valence-electron chi connectivity index (χ0n) is 19.5. The third-order valence-corrected chi connectivity index (χ3v) is 7.81. The Hall–Kier alpha value is -3.57. The van der Waals surface area contributed by atoms with Crippen LogP contribution in [0.3, 0.4) is 0 Å². The zero-order valence-corrected chi connectivity index (χ0v) is 19.5. The first-order chi connectivity index (χ1) is 17.3. The first-order valence-corrected chi connectivity index (χ1v) is 12.4. The molecule has 176 valence electrons. The van der Waals surface area contributed by atoms with E-state index in [1.165, 1.54) is 39.0 Å². The lowest BCUT2D eigenvalue weighted by Crippen LogP contribution is -2.56. The first-order valence-electron chi connectivity index (χ1n) is 12.4. The normalized spacial score (nSPS) is 22.1. The summed E-state index contributed by atoms with van der Waals surface area (Å²) in [4.78, 5) is 15.3. The summed E-state index contributed by atoms with van der Waals surface area (Å²) in [5, 5.41) is 0. The fourth-order valence-electron chi connectivity index (χ4n) is 6.15. The average molecular weight is 466 g/mol. The minimum Gasteiger partial charge on any atom is -0.493 e. The highest BCUT2D eigenvalue weighted by Crippen LogP contribution is 2.45. The monoisotopic (exact) mass is 465 g/mol. The smallest absolute Gasteiger partial charge is 0.410 e. The molecule has 1 amide bonds. The number of morpholine rings is 1. The lowest BCUT2D eigenvalue weighted by atomic mass is 9.89. The molecule has 5 nitrogen and oxygen atoms in total. The maximum Gasteiger partial charge on any atom is 0.410 e. The zero-order chi connectivity index (χ0) is 23.4. The van der Waals surface area contributed by atoms with E-state index in [0.717, 1.165) is 25.2 Å². The molecule has 1 saturated heterocycles. The highest BCUT2D eigenvalue weighted by Gasteiger charge is 2.40. The van der Waals surface area contributed by atoms with Gasteiger partial charge in [-0.15, -0.1) is 0 Å². The van der Waals surface area contributed by atoms with E-state index in [4.69, 9.17) is 14.2 Å². The van der Waals surface area contributed by atoms with Crippen molar-refractivity contribution in [1.29, 1.82) is 0 Å². The molecule has 0 radical (unpaired) electrons. The summed E-state index contributed by atoms with van der Waals surface area (Å²) in [6.07, 6.45) is 3.66. The summed E-state index contributed by atoms with van der Waals surface area (Å²) in [5.41, 5.74) is 8.69. The van der Waals surface area contributed by atoms with Crippen LogP contribution in [0.2, 0.25) is 0 Å². The fourth-order valence-corrected chi connectivity index (χ4v) is 6.15. The summed E-state index contributed by atoms with van der Waals surface area (Å²) in [6.45, 7) is 2.13. The predicted octanol–water partition coefficient (Wildman–Crippen LogP) is 5.43. The molecule has 7 rings (SSSR count). The number of ether oxygens (including phenoxy) is 3. The summed E-state index contributed by atoms with van der Waals surface area (Å²) in [6, 6.07) is 23.2. The molecule has 3 aliphatic heterocycles. The predicted molar refractivity (Wildman–Crippen MR) is 134 cm³/mol. The second-order valence-electron chi connectivity index (χ2n) is 9.79. The molecule has 2 atom stereocenters. The Morgan fingerprint density at radius 1 is 0.971 bits per heavy atom. The molecule has 5 heteroatoms. The maximum absolute atomic E-state index is 13.4. The van der Waals surface area contributed by atoms with Gasteiger partial charge in [0.15, 0.2) is 0 Å². The van der Waals surface area contributed by atoms with Gasteiger partial charge in [-0.2, -0.15) is 0 Å². The van der Waals surface area contributed by atoms with E-state index in [-0.39, 0.29) is 24.1 Å². The first kappa shape index (κ1) is 20.8. The second kappa shape index (κ2) is 8.28. The van der Waals surface area contributed by atoms with Crippen molar-refractivity contribution in [2.75, 3.05) is 26.4 Å². The summed E-state index contributed by atoms with van der Waals surface area (Å²) in [5.74, 6) is 1.06. The Bertz CT molecular complexity index is 1300. The van der Waals surface area contributed by atoms with E-state index in [9.17, 15) is 4.79 Å². The molecule has 0 spiro atoms. The number of nitrogens with zero attached hydrogens (tertiary/aromatic N) is 1. The summed E-state index contributed by atoms with van der Waals surface area (Å²) in [7, 11) is 0. The topological polar surface area (TPSA) is 48.0 Å². The van der Waals surface area contributed by atoms with Crippen molar-refractivity contribution >= 4 is 11.7 Å². The number of benzene rings is 3. The van der Waals surface area contributed by atoms with E-state index in [2.05, 4.69) is 72.8 Å². The van der Waals surface area contributed by atoms with Gasteiger partial charge in [0.05, 0.1) is 31.9 Å². The van der Waals surface area contributed by atoms with Crippen LogP contribution in [0.4, 0.5) is 4.79 Å². The van der Waals surface area contributed by atoms with Gasteiger partial charge in [-0.05, 0) is 57.5 Å². The molecule has 3 aromatic rings. The Balaban J connectivity index is 1.11. The van der Waals surface area contributed by atoms with Gasteiger partial charge in [0.25, 0.3) is 0 Å². The van der Waals surface area contributed by atoms with Crippen LogP contribution >= 0.6 is 0 Å². The number of carbonyl (C=O) groups excluding carboxylic acids is 1. The van der Waals surface area contributed by atoms with Gasteiger partial charge in [0.2, 0.25) is 0 Å². The Morgan fingerprint density at radius 2 is 1.74 bits per heavy atom. The van der Waals surface area contributed by atoms with Gasteiger partial charge >= 0.3 is 6.09 Å². The Labute approximate surface area is 204 Å². The van der Waals surface area contributed by atoms with Gasteiger partial charge in [-0.25, -0.2) is 4.79 Å². The lowest BCUT2D eigenvalue weighted by Gasteiger charge is -2.44. The average Bonchev–Trinajstić information content (AvgIpc) is 3.48. The molecule has 0 saturated carbocycles. The van der Waals surface area contributed by atoms with Gasteiger partial charge in [0.1, 0.15) is 12.4 Å². The summed E-state index contributed by atoms with van der Waals surface area (Å²) < 4.78 is 17.5. The van der Waals surface area contributed by atoms with E-state index in [1.807, 2.05) is 4.90 Å². The quantitative estimate of drug-likeness (QED) is 0.518. The number of carbonyl (C=O) groups is 1. The van der Waals surface area contributed by atoms with Crippen LogP contribution in [0, 0.1) is 0 Å². The fraction of sp³-hybridized carbons (Fsp3) is 0.300. The van der Waals surface area contributed by atoms with Crippen molar-refractivity contribution in [2.24, 2.45) is 0 Å². The van der Waals surface area contributed by atoms with Crippen molar-refractivity contribution in [1.82, 2.24) is 4.90 Å². The molecule has 1 fully saturated rings. The minimum atomic E-state index is -0.247. The number of hydrogen-bond donors (Lipinski definition) is 0. The van der Waals surface area contributed by atoms with Gasteiger partial charge in [-0.3, -0.25) is 4.90 Å². The molecule has 2 unspecified atom stereocenters. The van der Waals surface area contributed by atoms with Crippen LogP contribution in [0.15, 0.2) is 72.8 Å². The van der Waals surface area contributed by atoms with Crippen molar-refractivity contribution in [3.05, 3.63) is 95.1 Å². The largest absolute Gasteiger partial charge is 0.493 e. The lowest BCUT2D eigenvalue weighted by molar-refractivity contribution is -0.0331. The molecule has 1 aliphatic carbocycles. The number of hydrogen-bond acceptors (Lipinski definition) is 4. The van der Waals surface area contributed by atoms with Crippen LogP contribution in [0.1, 0.15) is 34.6 Å². The van der Waals surface area contributed by atoms with Gasteiger partial charge < -0.3 is 14.2 Å². The standard InChI is InChI=1S/C30H27NO4/c32-30(35-18-28-26-7-3-1-5-24(26)25-6-2-4-8-27(25)28)31-22-14-21(15-23(31)17-33-16-22)19-9-10-29-20(13-19)11-12-34-29/h1-10,13-14,22-23,28H,11-12,15-18H2. The Kier molecular flexibility index (Phi) is 4.91. The highest BCUT2D eigenvalue weighted by atomic mass is 16.6. The third kappa shape index (κ3) is 3.45.